The second-order valence-corrected chi connectivity index (χ2v) is 7.92. The number of amides is 1. The van der Waals surface area contributed by atoms with Crippen LogP contribution in [0.4, 0.5) is 0 Å². The molecule has 2 aromatic rings. The van der Waals surface area contributed by atoms with Crippen LogP contribution in [0.1, 0.15) is 82.0 Å². The lowest BCUT2D eigenvalue weighted by molar-refractivity contribution is -0.131. The Morgan fingerprint density at radius 2 is 2.00 bits per heavy atom. The van der Waals surface area contributed by atoms with Gasteiger partial charge in [-0.3, -0.25) is 4.79 Å². The molecule has 2 aliphatic rings. The summed E-state index contributed by atoms with van der Waals surface area (Å²) in [5.74, 6) is 2.18. The summed E-state index contributed by atoms with van der Waals surface area (Å²) in [6, 6.07) is 10.7. The van der Waals surface area contributed by atoms with Crippen LogP contribution < -0.4 is 0 Å². The van der Waals surface area contributed by atoms with Crippen LogP contribution in [0, 0.1) is 0 Å². The largest absolute Gasteiger partial charge is 0.332 e. The highest BCUT2D eigenvalue weighted by Crippen LogP contribution is 2.52. The van der Waals surface area contributed by atoms with Crippen LogP contribution in [0.15, 0.2) is 30.3 Å². The van der Waals surface area contributed by atoms with Gasteiger partial charge in [0.1, 0.15) is 5.82 Å². The molecule has 1 amide bonds. The molecule has 2 heterocycles. The Bertz CT molecular complexity index is 794. The van der Waals surface area contributed by atoms with Crippen LogP contribution in [0.25, 0.3) is 0 Å². The van der Waals surface area contributed by atoms with Gasteiger partial charge in [-0.1, -0.05) is 50.6 Å². The first-order chi connectivity index (χ1) is 13.2. The normalized spacial score (nSPS) is 20.8. The molecule has 1 aliphatic carbocycles. The molecule has 0 radical (unpaired) electrons. The molecule has 2 fully saturated rings. The van der Waals surface area contributed by atoms with Crippen molar-refractivity contribution in [2.75, 3.05) is 6.54 Å². The van der Waals surface area contributed by atoms with E-state index in [1.165, 1.54) is 5.56 Å². The third kappa shape index (κ3) is 3.28. The van der Waals surface area contributed by atoms with E-state index >= 15 is 0 Å². The number of carbonyl (C=O) groups is 1. The van der Waals surface area contributed by atoms with E-state index in [2.05, 4.69) is 41.9 Å². The second kappa shape index (κ2) is 7.45. The fourth-order valence-electron chi connectivity index (χ4n) is 4.34. The lowest BCUT2D eigenvalue weighted by Crippen LogP contribution is -2.31. The first-order valence-corrected chi connectivity index (χ1v) is 10.5. The number of hydrogen-bond donors (Lipinski definition) is 0. The molecule has 1 atom stereocenters. The predicted molar refractivity (Wildman–Crippen MR) is 105 cm³/mol. The maximum absolute atomic E-state index is 12.4. The molecule has 1 aromatic carbocycles. The molecule has 1 aliphatic heterocycles. The first-order valence-electron chi connectivity index (χ1n) is 10.5. The number of unbranched alkanes of at least 4 members (excludes halogenated alkanes) is 1. The lowest BCUT2D eigenvalue weighted by atomic mass is 9.95. The Morgan fingerprint density at radius 3 is 2.67 bits per heavy atom. The van der Waals surface area contributed by atoms with Crippen LogP contribution in [-0.4, -0.2) is 32.1 Å². The molecule has 4 rings (SSSR count). The van der Waals surface area contributed by atoms with Crippen molar-refractivity contribution in [3.05, 3.63) is 47.5 Å². The molecule has 0 N–H and O–H groups in total. The second-order valence-electron chi connectivity index (χ2n) is 7.92. The minimum absolute atomic E-state index is 0.0221. The van der Waals surface area contributed by atoms with Crippen molar-refractivity contribution in [3.63, 3.8) is 0 Å². The van der Waals surface area contributed by atoms with Crippen molar-refractivity contribution in [1.29, 1.82) is 0 Å². The van der Waals surface area contributed by atoms with Crippen molar-refractivity contribution < 1.29 is 4.79 Å². The third-order valence-electron chi connectivity index (χ3n) is 6.10. The van der Waals surface area contributed by atoms with E-state index in [4.69, 9.17) is 10.1 Å². The van der Waals surface area contributed by atoms with Crippen LogP contribution in [-0.2, 0) is 16.8 Å². The van der Waals surface area contributed by atoms with Gasteiger partial charge < -0.3 is 4.90 Å². The van der Waals surface area contributed by atoms with Gasteiger partial charge in [0.2, 0.25) is 5.91 Å². The molecule has 1 saturated carbocycles. The molecular formula is C22H30N4O. The maximum Gasteiger partial charge on any atom is 0.222 e. The van der Waals surface area contributed by atoms with Gasteiger partial charge >= 0.3 is 0 Å². The summed E-state index contributed by atoms with van der Waals surface area (Å²) < 4.78 is 2.10. The maximum atomic E-state index is 12.4. The van der Waals surface area contributed by atoms with E-state index in [0.717, 1.165) is 63.3 Å². The summed E-state index contributed by atoms with van der Waals surface area (Å²) in [6.07, 6.45) is 7.03. The average molecular weight is 367 g/mol. The Kier molecular flexibility index (Phi) is 5.02. The molecule has 0 spiro atoms. The standard InChI is InChI=1S/C22H30N4O/c1-3-5-16-26-20(18-12-9-15-25(18)19(27)4-2)23-21(24-26)22(13-14-22)17-10-7-6-8-11-17/h6-8,10-11,18H,3-5,9,12-16H2,1-2H3. The molecule has 5 heteroatoms. The zero-order valence-electron chi connectivity index (χ0n) is 16.5. The lowest BCUT2D eigenvalue weighted by Gasteiger charge is -2.24. The van der Waals surface area contributed by atoms with Crippen LogP contribution in [0.3, 0.4) is 0 Å². The highest BCUT2D eigenvalue weighted by molar-refractivity contribution is 5.76. The van der Waals surface area contributed by atoms with Gasteiger partial charge in [-0.15, -0.1) is 0 Å². The highest BCUT2D eigenvalue weighted by Gasteiger charge is 2.50. The predicted octanol–water partition coefficient (Wildman–Crippen LogP) is 4.23. The van der Waals surface area contributed by atoms with E-state index in [0.29, 0.717) is 6.42 Å². The van der Waals surface area contributed by atoms with Gasteiger partial charge in [-0.2, -0.15) is 5.10 Å². The average Bonchev–Trinajstić information content (AvgIpc) is 3.18. The van der Waals surface area contributed by atoms with E-state index in [1.54, 1.807) is 0 Å². The number of nitrogens with zero attached hydrogens (tertiary/aromatic N) is 4. The van der Waals surface area contributed by atoms with Gasteiger partial charge in [0.05, 0.1) is 11.5 Å². The molecular weight excluding hydrogens is 336 g/mol. The van der Waals surface area contributed by atoms with E-state index in [1.807, 2.05) is 11.8 Å². The van der Waals surface area contributed by atoms with Crippen molar-refractivity contribution in [2.24, 2.45) is 0 Å². The summed E-state index contributed by atoms with van der Waals surface area (Å²) >= 11 is 0. The Morgan fingerprint density at radius 1 is 1.22 bits per heavy atom. The number of likely N-dealkylation sites (tertiary alicyclic amines) is 1. The Balaban J connectivity index is 1.70. The number of carbonyl (C=O) groups excluding carboxylic acids is 1. The summed E-state index contributed by atoms with van der Waals surface area (Å²) in [4.78, 5) is 19.5. The summed E-state index contributed by atoms with van der Waals surface area (Å²) in [7, 11) is 0. The van der Waals surface area contributed by atoms with Gasteiger partial charge in [0.25, 0.3) is 0 Å². The summed E-state index contributed by atoms with van der Waals surface area (Å²) in [5.41, 5.74) is 1.29. The van der Waals surface area contributed by atoms with Gasteiger partial charge in [0.15, 0.2) is 5.82 Å². The van der Waals surface area contributed by atoms with Crippen LogP contribution in [0.2, 0.25) is 0 Å². The van der Waals surface area contributed by atoms with Gasteiger partial charge in [0, 0.05) is 19.5 Å². The Hall–Kier alpha value is -2.17. The molecule has 0 bridgehead atoms. The van der Waals surface area contributed by atoms with E-state index < -0.39 is 0 Å². The monoisotopic (exact) mass is 366 g/mol. The third-order valence-corrected chi connectivity index (χ3v) is 6.10. The molecule has 5 nitrogen and oxygen atoms in total. The number of benzene rings is 1. The zero-order chi connectivity index (χ0) is 18.9. The van der Waals surface area contributed by atoms with Crippen molar-refractivity contribution in [2.45, 2.75) is 76.8 Å². The van der Waals surface area contributed by atoms with E-state index in [-0.39, 0.29) is 17.4 Å². The van der Waals surface area contributed by atoms with Crippen molar-refractivity contribution in [1.82, 2.24) is 19.7 Å². The first kappa shape index (κ1) is 18.2. The van der Waals surface area contributed by atoms with Gasteiger partial charge in [-0.05, 0) is 37.7 Å². The van der Waals surface area contributed by atoms with Crippen molar-refractivity contribution in [3.8, 4) is 0 Å². The molecule has 1 aromatic heterocycles. The van der Waals surface area contributed by atoms with Crippen LogP contribution in [0.5, 0.6) is 0 Å². The minimum atomic E-state index is -0.0221. The zero-order valence-corrected chi connectivity index (χ0v) is 16.5. The summed E-state index contributed by atoms with van der Waals surface area (Å²) in [6.45, 7) is 5.87. The smallest absolute Gasteiger partial charge is 0.222 e. The van der Waals surface area contributed by atoms with Crippen LogP contribution >= 0.6 is 0 Å². The quantitative estimate of drug-likeness (QED) is 0.737. The fraction of sp³-hybridized carbons (Fsp3) is 0.591. The van der Waals surface area contributed by atoms with E-state index in [9.17, 15) is 4.79 Å². The molecule has 144 valence electrons. The minimum Gasteiger partial charge on any atom is -0.332 e. The molecule has 27 heavy (non-hydrogen) atoms. The number of aromatic nitrogens is 3. The fourth-order valence-corrected chi connectivity index (χ4v) is 4.34. The topological polar surface area (TPSA) is 51.0 Å². The molecule has 1 saturated heterocycles. The number of hydrogen-bond acceptors (Lipinski definition) is 3. The summed E-state index contributed by atoms with van der Waals surface area (Å²) in [5, 5.41) is 4.99. The molecule has 1 unspecified atom stereocenters. The van der Waals surface area contributed by atoms with Gasteiger partial charge in [-0.25, -0.2) is 9.67 Å². The Labute approximate surface area is 161 Å². The number of aryl methyl sites for hydroxylation is 1. The number of rotatable bonds is 7. The highest BCUT2D eigenvalue weighted by atomic mass is 16.2. The SMILES string of the molecule is CCCCn1nc(C2(c3ccccc3)CC2)nc1C1CCCN1C(=O)CC. The van der Waals surface area contributed by atoms with Crippen molar-refractivity contribution >= 4 is 5.91 Å².